The number of amides is 3. The van der Waals surface area contributed by atoms with E-state index in [0.29, 0.717) is 19.7 Å². The van der Waals surface area contributed by atoms with Crippen LogP contribution in [0.5, 0.6) is 0 Å². The third kappa shape index (κ3) is 3.99. The minimum Gasteiger partial charge on any atom is -0.371 e. The highest BCUT2D eigenvalue weighted by molar-refractivity contribution is 5.96. The number of hydrogen-bond acceptors (Lipinski definition) is 4. The number of nitrogens with zero attached hydrogens (tertiary/aromatic N) is 1. The molecule has 1 saturated heterocycles. The predicted octanol–water partition coefficient (Wildman–Crippen LogP) is 0.782. The SMILES string of the molecule is C[C@H](C(=O)NC(N)=O)N1CCO[C@@H](c2ccc(F)cc2)C1. The average Bonchev–Trinajstić information content (AvgIpc) is 2.46. The van der Waals surface area contributed by atoms with E-state index in [9.17, 15) is 14.0 Å². The molecular formula is C14H18FN3O3. The molecule has 2 rings (SSSR count). The fourth-order valence-electron chi connectivity index (χ4n) is 2.29. The van der Waals surface area contributed by atoms with Gasteiger partial charge in [-0.25, -0.2) is 9.18 Å². The number of halogens is 1. The van der Waals surface area contributed by atoms with Gasteiger partial charge in [0.05, 0.1) is 18.8 Å². The molecule has 0 radical (unpaired) electrons. The molecule has 1 aromatic rings. The van der Waals surface area contributed by atoms with Gasteiger partial charge in [-0.15, -0.1) is 0 Å². The van der Waals surface area contributed by atoms with Crippen molar-refractivity contribution in [2.24, 2.45) is 5.73 Å². The smallest absolute Gasteiger partial charge is 0.318 e. The molecule has 0 aliphatic carbocycles. The fraction of sp³-hybridized carbons (Fsp3) is 0.429. The zero-order valence-electron chi connectivity index (χ0n) is 11.7. The average molecular weight is 295 g/mol. The topological polar surface area (TPSA) is 84.7 Å². The van der Waals surface area contributed by atoms with Crippen LogP contribution in [0.2, 0.25) is 0 Å². The van der Waals surface area contributed by atoms with E-state index in [0.717, 1.165) is 5.56 Å². The lowest BCUT2D eigenvalue weighted by Crippen LogP contribution is -2.52. The molecule has 114 valence electrons. The van der Waals surface area contributed by atoms with Gasteiger partial charge in [-0.05, 0) is 24.6 Å². The summed E-state index contributed by atoms with van der Waals surface area (Å²) in [4.78, 5) is 24.4. The molecule has 1 fully saturated rings. The summed E-state index contributed by atoms with van der Waals surface area (Å²) >= 11 is 0. The number of benzene rings is 1. The molecule has 21 heavy (non-hydrogen) atoms. The molecule has 1 aliphatic heterocycles. The van der Waals surface area contributed by atoms with Crippen molar-refractivity contribution in [1.82, 2.24) is 10.2 Å². The number of ether oxygens (including phenoxy) is 1. The van der Waals surface area contributed by atoms with Gasteiger partial charge in [0.1, 0.15) is 5.82 Å². The lowest BCUT2D eigenvalue weighted by Gasteiger charge is -2.36. The maximum absolute atomic E-state index is 12.9. The summed E-state index contributed by atoms with van der Waals surface area (Å²) in [5.41, 5.74) is 5.79. The Labute approximate surface area is 122 Å². The van der Waals surface area contributed by atoms with Crippen LogP contribution >= 0.6 is 0 Å². The minimum atomic E-state index is -0.866. The maximum atomic E-state index is 12.9. The van der Waals surface area contributed by atoms with Crippen molar-refractivity contribution in [3.05, 3.63) is 35.6 Å². The number of hydrogen-bond donors (Lipinski definition) is 2. The summed E-state index contributed by atoms with van der Waals surface area (Å²) < 4.78 is 18.6. The summed E-state index contributed by atoms with van der Waals surface area (Å²) in [7, 11) is 0. The van der Waals surface area contributed by atoms with E-state index >= 15 is 0 Å². The van der Waals surface area contributed by atoms with Gasteiger partial charge < -0.3 is 10.5 Å². The molecule has 1 aliphatic rings. The quantitative estimate of drug-likeness (QED) is 0.863. The molecule has 1 heterocycles. The Morgan fingerprint density at radius 1 is 1.43 bits per heavy atom. The van der Waals surface area contributed by atoms with Gasteiger partial charge in [-0.3, -0.25) is 15.0 Å². The molecule has 0 bridgehead atoms. The van der Waals surface area contributed by atoms with Gasteiger partial charge >= 0.3 is 6.03 Å². The Balaban J connectivity index is 2.01. The Morgan fingerprint density at radius 2 is 2.10 bits per heavy atom. The molecule has 0 saturated carbocycles. The van der Waals surface area contributed by atoms with Crippen LogP contribution in [0.25, 0.3) is 0 Å². The zero-order valence-corrected chi connectivity index (χ0v) is 11.7. The Morgan fingerprint density at radius 3 is 2.71 bits per heavy atom. The van der Waals surface area contributed by atoms with E-state index in [1.54, 1.807) is 19.1 Å². The van der Waals surface area contributed by atoms with Crippen molar-refractivity contribution >= 4 is 11.9 Å². The monoisotopic (exact) mass is 295 g/mol. The van der Waals surface area contributed by atoms with Gasteiger partial charge in [0.25, 0.3) is 0 Å². The number of carbonyl (C=O) groups excluding carboxylic acids is 2. The standard InChI is InChI=1S/C14H18FN3O3/c1-9(13(19)17-14(16)20)18-6-7-21-12(8-18)10-2-4-11(15)5-3-10/h2-5,9,12H,6-8H2,1H3,(H3,16,17,19,20)/t9-,12-/m1/s1. The number of urea groups is 1. The first kappa shape index (κ1) is 15.4. The van der Waals surface area contributed by atoms with Gasteiger partial charge in [0.15, 0.2) is 0 Å². The van der Waals surface area contributed by atoms with Crippen molar-refractivity contribution in [3.8, 4) is 0 Å². The van der Waals surface area contributed by atoms with E-state index in [1.165, 1.54) is 12.1 Å². The highest BCUT2D eigenvalue weighted by Gasteiger charge is 2.29. The van der Waals surface area contributed by atoms with Crippen molar-refractivity contribution in [3.63, 3.8) is 0 Å². The second kappa shape index (κ2) is 6.64. The first-order valence-electron chi connectivity index (χ1n) is 6.69. The van der Waals surface area contributed by atoms with E-state index in [1.807, 2.05) is 4.90 Å². The first-order chi connectivity index (χ1) is 9.97. The van der Waals surface area contributed by atoms with Gasteiger partial charge in [0, 0.05) is 13.1 Å². The van der Waals surface area contributed by atoms with Crippen molar-refractivity contribution in [2.75, 3.05) is 19.7 Å². The van der Waals surface area contributed by atoms with E-state index < -0.39 is 18.0 Å². The fourth-order valence-corrected chi connectivity index (χ4v) is 2.29. The van der Waals surface area contributed by atoms with E-state index in [2.05, 4.69) is 5.32 Å². The number of nitrogens with one attached hydrogen (secondary N) is 1. The van der Waals surface area contributed by atoms with Crippen molar-refractivity contribution < 1.29 is 18.7 Å². The Bertz CT molecular complexity index is 521. The Kier molecular flexibility index (Phi) is 4.87. The summed E-state index contributed by atoms with van der Waals surface area (Å²) in [5.74, 6) is -0.747. The van der Waals surface area contributed by atoms with Gasteiger partial charge in [-0.1, -0.05) is 12.1 Å². The largest absolute Gasteiger partial charge is 0.371 e. The summed E-state index contributed by atoms with van der Waals surface area (Å²) in [6.45, 7) is 3.21. The molecule has 3 amide bonds. The molecular weight excluding hydrogens is 277 g/mol. The van der Waals surface area contributed by atoms with Crippen LogP contribution in [0.3, 0.4) is 0 Å². The van der Waals surface area contributed by atoms with Crippen LogP contribution < -0.4 is 11.1 Å². The van der Waals surface area contributed by atoms with Crippen molar-refractivity contribution in [2.45, 2.75) is 19.1 Å². The first-order valence-corrected chi connectivity index (χ1v) is 6.69. The molecule has 7 heteroatoms. The molecule has 0 aromatic heterocycles. The molecule has 0 unspecified atom stereocenters. The molecule has 1 aromatic carbocycles. The van der Waals surface area contributed by atoms with Gasteiger partial charge in [0.2, 0.25) is 5.91 Å². The summed E-state index contributed by atoms with van der Waals surface area (Å²) in [6, 6.07) is 4.72. The lowest BCUT2D eigenvalue weighted by molar-refractivity contribution is -0.128. The van der Waals surface area contributed by atoms with Crippen molar-refractivity contribution in [1.29, 1.82) is 0 Å². The third-order valence-corrected chi connectivity index (χ3v) is 3.51. The summed E-state index contributed by atoms with van der Waals surface area (Å²) in [6.07, 6.45) is -0.233. The Hall–Kier alpha value is -1.99. The van der Waals surface area contributed by atoms with E-state index in [4.69, 9.17) is 10.5 Å². The van der Waals surface area contributed by atoms with Crippen LogP contribution in [-0.2, 0) is 9.53 Å². The normalized spacial score (nSPS) is 20.8. The minimum absolute atomic E-state index is 0.233. The number of morpholine rings is 1. The number of nitrogens with two attached hydrogens (primary N) is 1. The van der Waals surface area contributed by atoms with Crippen LogP contribution in [0.4, 0.5) is 9.18 Å². The van der Waals surface area contributed by atoms with E-state index in [-0.39, 0.29) is 11.9 Å². The lowest BCUT2D eigenvalue weighted by atomic mass is 10.1. The van der Waals surface area contributed by atoms with Gasteiger partial charge in [-0.2, -0.15) is 0 Å². The molecule has 0 spiro atoms. The highest BCUT2D eigenvalue weighted by Crippen LogP contribution is 2.23. The molecule has 3 N–H and O–H groups in total. The molecule has 6 nitrogen and oxygen atoms in total. The summed E-state index contributed by atoms with van der Waals surface area (Å²) in [5, 5.41) is 2.07. The van der Waals surface area contributed by atoms with Crippen LogP contribution in [-0.4, -0.2) is 42.6 Å². The number of primary amides is 1. The second-order valence-corrected chi connectivity index (χ2v) is 4.94. The zero-order chi connectivity index (χ0) is 15.4. The number of carbonyl (C=O) groups is 2. The second-order valence-electron chi connectivity index (χ2n) is 4.94. The maximum Gasteiger partial charge on any atom is 0.318 e. The third-order valence-electron chi connectivity index (χ3n) is 3.51. The highest BCUT2D eigenvalue weighted by atomic mass is 19.1. The molecule has 2 atom stereocenters. The van der Waals surface area contributed by atoms with Crippen LogP contribution in [0.1, 0.15) is 18.6 Å². The van der Waals surface area contributed by atoms with Crippen LogP contribution in [0.15, 0.2) is 24.3 Å². The van der Waals surface area contributed by atoms with Crippen LogP contribution in [0, 0.1) is 5.82 Å². The number of imide groups is 1. The predicted molar refractivity (Wildman–Crippen MR) is 73.9 cm³/mol. The number of rotatable bonds is 3.